The van der Waals surface area contributed by atoms with Crippen molar-refractivity contribution in [2.45, 2.75) is 40.3 Å². The average molecular weight is 442 g/mol. The lowest BCUT2D eigenvalue weighted by atomic mass is 9.94. The number of imidazole rings is 1. The van der Waals surface area contributed by atoms with Gasteiger partial charge in [-0.25, -0.2) is 4.98 Å². The van der Waals surface area contributed by atoms with Gasteiger partial charge in [0.05, 0.1) is 11.0 Å². The predicted octanol–water partition coefficient (Wildman–Crippen LogP) is 5.21. The van der Waals surface area contributed by atoms with E-state index in [0.717, 1.165) is 28.0 Å². The van der Waals surface area contributed by atoms with Gasteiger partial charge in [0.1, 0.15) is 11.9 Å². The molecule has 0 aliphatic heterocycles. The topological polar surface area (TPSA) is 84.2 Å². The molecule has 0 saturated carbocycles. The van der Waals surface area contributed by atoms with Crippen LogP contribution in [0.25, 0.3) is 33.5 Å². The van der Waals surface area contributed by atoms with Crippen LogP contribution in [0.2, 0.25) is 0 Å². The summed E-state index contributed by atoms with van der Waals surface area (Å²) in [7, 11) is 0. The quantitative estimate of drug-likeness (QED) is 0.430. The first-order chi connectivity index (χ1) is 15.8. The number of carboxylic acids is 1. The number of aromatic nitrogens is 2. The van der Waals surface area contributed by atoms with Crippen molar-refractivity contribution < 1.29 is 14.7 Å². The highest BCUT2D eigenvalue weighted by Crippen LogP contribution is 2.35. The van der Waals surface area contributed by atoms with E-state index in [-0.39, 0.29) is 0 Å². The van der Waals surface area contributed by atoms with Crippen molar-refractivity contribution in [2.75, 3.05) is 0 Å². The molecule has 4 rings (SSSR count). The first-order valence-electron chi connectivity index (χ1n) is 11.0. The van der Waals surface area contributed by atoms with Crippen molar-refractivity contribution in [1.29, 1.82) is 0 Å². The van der Waals surface area contributed by atoms with Crippen molar-refractivity contribution in [1.82, 2.24) is 14.9 Å². The molecular formula is C27H27N3O3. The Bertz CT molecular complexity index is 1370. The van der Waals surface area contributed by atoms with Crippen LogP contribution in [0.1, 0.15) is 35.3 Å². The van der Waals surface area contributed by atoms with Gasteiger partial charge in [-0.2, -0.15) is 0 Å². The van der Waals surface area contributed by atoms with Crippen molar-refractivity contribution in [3.8, 4) is 22.5 Å². The van der Waals surface area contributed by atoms with Gasteiger partial charge < -0.3 is 15.0 Å². The van der Waals surface area contributed by atoms with Gasteiger partial charge in [-0.1, -0.05) is 48.0 Å². The number of fused-ring (bicyclic) bond motifs is 1. The van der Waals surface area contributed by atoms with Crippen molar-refractivity contribution in [3.05, 3.63) is 77.4 Å². The molecule has 0 saturated heterocycles. The molecule has 6 heteroatoms. The van der Waals surface area contributed by atoms with Gasteiger partial charge in [0.25, 0.3) is 5.91 Å². The number of benzene rings is 3. The maximum Gasteiger partial charge on any atom is 0.325 e. The maximum absolute atomic E-state index is 12.5. The highest BCUT2D eigenvalue weighted by atomic mass is 16.4. The van der Waals surface area contributed by atoms with E-state index in [1.165, 1.54) is 18.1 Å². The Kier molecular flexibility index (Phi) is 6.01. The second-order valence-corrected chi connectivity index (χ2v) is 8.28. The Morgan fingerprint density at radius 1 is 1.00 bits per heavy atom. The van der Waals surface area contributed by atoms with Gasteiger partial charge in [0.2, 0.25) is 0 Å². The van der Waals surface area contributed by atoms with Crippen molar-refractivity contribution in [2.24, 2.45) is 0 Å². The number of amides is 1. The molecule has 4 aromatic rings. The van der Waals surface area contributed by atoms with E-state index in [1.807, 2.05) is 18.2 Å². The summed E-state index contributed by atoms with van der Waals surface area (Å²) in [5.74, 6) is -0.681. The van der Waals surface area contributed by atoms with E-state index in [9.17, 15) is 9.59 Å². The van der Waals surface area contributed by atoms with Crippen LogP contribution in [0.4, 0.5) is 0 Å². The van der Waals surface area contributed by atoms with Crippen LogP contribution in [0.15, 0.2) is 60.7 Å². The molecule has 33 heavy (non-hydrogen) atoms. The molecule has 0 unspecified atom stereocenters. The van der Waals surface area contributed by atoms with Gasteiger partial charge in [0, 0.05) is 17.7 Å². The number of carboxylic acid groups (broad SMARTS) is 1. The summed E-state index contributed by atoms with van der Waals surface area (Å²) in [4.78, 5) is 28.5. The molecule has 168 valence electrons. The molecule has 0 spiro atoms. The van der Waals surface area contributed by atoms with E-state index in [4.69, 9.17) is 10.1 Å². The van der Waals surface area contributed by atoms with Crippen LogP contribution < -0.4 is 5.32 Å². The highest BCUT2D eigenvalue weighted by Gasteiger charge is 2.19. The normalized spacial score (nSPS) is 12.0. The zero-order chi connectivity index (χ0) is 23.7. The number of nitrogens with zero attached hydrogens (tertiary/aromatic N) is 2. The monoisotopic (exact) mass is 441 g/mol. The molecule has 6 nitrogen and oxygen atoms in total. The number of aliphatic carboxylic acids is 1. The number of carbonyl (C=O) groups is 2. The molecule has 0 bridgehead atoms. The number of rotatable bonds is 6. The minimum Gasteiger partial charge on any atom is -0.480 e. The van der Waals surface area contributed by atoms with Gasteiger partial charge in [0.15, 0.2) is 0 Å². The summed E-state index contributed by atoms with van der Waals surface area (Å²) in [5, 5.41) is 11.6. The fourth-order valence-corrected chi connectivity index (χ4v) is 4.17. The summed E-state index contributed by atoms with van der Waals surface area (Å²) < 4.78 is 2.14. The van der Waals surface area contributed by atoms with Crippen molar-refractivity contribution >= 4 is 22.9 Å². The number of hydrogen-bond acceptors (Lipinski definition) is 3. The lowest BCUT2D eigenvalue weighted by Crippen LogP contribution is -2.38. The van der Waals surface area contributed by atoms with Gasteiger partial charge in [-0.05, 0) is 62.6 Å². The van der Waals surface area contributed by atoms with Crippen LogP contribution >= 0.6 is 0 Å². The van der Waals surface area contributed by atoms with Gasteiger partial charge in [-0.3, -0.25) is 9.59 Å². The molecular weight excluding hydrogens is 414 g/mol. The van der Waals surface area contributed by atoms with Crippen LogP contribution in [0.5, 0.6) is 0 Å². The lowest BCUT2D eigenvalue weighted by molar-refractivity contribution is -0.138. The van der Waals surface area contributed by atoms with Gasteiger partial charge >= 0.3 is 5.97 Å². The summed E-state index contributed by atoms with van der Waals surface area (Å²) in [6.07, 6.45) is 0. The van der Waals surface area contributed by atoms with Gasteiger partial charge in [-0.15, -0.1) is 0 Å². The van der Waals surface area contributed by atoms with E-state index < -0.39 is 17.9 Å². The Morgan fingerprint density at radius 2 is 1.73 bits per heavy atom. The van der Waals surface area contributed by atoms with E-state index in [0.29, 0.717) is 17.6 Å². The highest BCUT2D eigenvalue weighted by molar-refractivity contribution is 5.99. The summed E-state index contributed by atoms with van der Waals surface area (Å²) in [6, 6.07) is 19.0. The van der Waals surface area contributed by atoms with Crippen LogP contribution in [-0.4, -0.2) is 32.6 Å². The number of carbonyl (C=O) groups excluding carboxylic acids is 1. The van der Waals surface area contributed by atoms with E-state index in [2.05, 4.69) is 61.0 Å². The van der Waals surface area contributed by atoms with Crippen molar-refractivity contribution in [3.63, 3.8) is 0 Å². The van der Waals surface area contributed by atoms with Crippen LogP contribution in [0.3, 0.4) is 0 Å². The molecule has 0 radical (unpaired) electrons. The van der Waals surface area contributed by atoms with E-state index >= 15 is 0 Å². The Morgan fingerprint density at radius 3 is 2.39 bits per heavy atom. The standard InChI is InChI=1S/C27H27N3O3/c1-5-30-24-13-11-19(26(31)28-18(4)27(32)33)15-23(24)29-25(30)22-9-7-6-8-21(22)20-12-10-16(2)14-17(20)3/h6-15,18H,5H2,1-4H3,(H,28,31)(H,32,33)/t18-/m1/s1. The Labute approximate surface area is 192 Å². The predicted molar refractivity (Wildman–Crippen MR) is 130 cm³/mol. The zero-order valence-corrected chi connectivity index (χ0v) is 19.2. The number of aryl methyl sites for hydroxylation is 3. The molecule has 1 amide bonds. The zero-order valence-electron chi connectivity index (χ0n) is 19.2. The Hall–Kier alpha value is -3.93. The molecule has 0 aliphatic carbocycles. The largest absolute Gasteiger partial charge is 0.480 e. The summed E-state index contributed by atoms with van der Waals surface area (Å²) in [5.41, 5.74) is 7.70. The SMILES string of the molecule is CCn1c(-c2ccccc2-c2ccc(C)cc2C)nc2cc(C(=O)N[C@H](C)C(=O)O)ccc21. The lowest BCUT2D eigenvalue weighted by Gasteiger charge is -2.14. The third-order valence-corrected chi connectivity index (χ3v) is 5.88. The molecule has 1 heterocycles. The number of hydrogen-bond donors (Lipinski definition) is 2. The second-order valence-electron chi connectivity index (χ2n) is 8.28. The van der Waals surface area contributed by atoms with Crippen LogP contribution in [-0.2, 0) is 11.3 Å². The van der Waals surface area contributed by atoms with E-state index in [1.54, 1.807) is 12.1 Å². The fraction of sp³-hybridized carbons (Fsp3) is 0.222. The molecule has 2 N–H and O–H groups in total. The fourth-order valence-electron chi connectivity index (χ4n) is 4.17. The second kappa shape index (κ2) is 8.90. The first kappa shape index (κ1) is 22.3. The Balaban J connectivity index is 1.83. The molecule has 0 fully saturated rings. The molecule has 0 aliphatic rings. The maximum atomic E-state index is 12.5. The minimum atomic E-state index is -1.08. The molecule has 3 aromatic carbocycles. The third kappa shape index (κ3) is 4.24. The molecule has 1 atom stereocenters. The average Bonchev–Trinajstić information content (AvgIpc) is 3.16. The van der Waals surface area contributed by atoms with Crippen LogP contribution in [0, 0.1) is 13.8 Å². The molecule has 1 aromatic heterocycles. The number of nitrogens with one attached hydrogen (secondary N) is 1. The smallest absolute Gasteiger partial charge is 0.325 e. The summed E-state index contributed by atoms with van der Waals surface area (Å²) in [6.45, 7) is 8.43. The minimum absolute atomic E-state index is 0.380. The first-order valence-corrected chi connectivity index (χ1v) is 11.0. The summed E-state index contributed by atoms with van der Waals surface area (Å²) >= 11 is 0. The third-order valence-electron chi connectivity index (χ3n) is 5.88.